The topological polar surface area (TPSA) is 51.2 Å². The minimum Gasteiger partial charge on any atom is -0.465 e. The van der Waals surface area contributed by atoms with E-state index in [0.717, 1.165) is 12.1 Å². The van der Waals surface area contributed by atoms with Crippen molar-refractivity contribution < 1.29 is 18.3 Å². The van der Waals surface area contributed by atoms with Gasteiger partial charge >= 0.3 is 5.97 Å². The van der Waals surface area contributed by atoms with Gasteiger partial charge in [-0.1, -0.05) is 15.9 Å². The van der Waals surface area contributed by atoms with E-state index in [0.29, 0.717) is 0 Å². The number of ether oxygens (including phenoxy) is 1. The third kappa shape index (κ3) is 3.11. The number of hydrogen-bond acceptors (Lipinski definition) is 4. The van der Waals surface area contributed by atoms with Crippen LogP contribution < -0.4 is 5.32 Å². The summed E-state index contributed by atoms with van der Waals surface area (Å²) >= 11 is 2.99. The Bertz CT molecular complexity index is 642. The molecular formula is C13H9BrF2N2O2. The summed E-state index contributed by atoms with van der Waals surface area (Å²) < 4.78 is 32.2. The molecule has 1 heterocycles. The number of aromatic nitrogens is 1. The molecule has 4 nitrogen and oxygen atoms in total. The second-order valence-corrected chi connectivity index (χ2v) is 4.71. The smallest absolute Gasteiger partial charge is 0.338 e. The predicted octanol–water partition coefficient (Wildman–Crippen LogP) is 3.65. The molecule has 20 heavy (non-hydrogen) atoms. The zero-order chi connectivity index (χ0) is 14.7. The van der Waals surface area contributed by atoms with E-state index in [4.69, 9.17) is 0 Å². The van der Waals surface area contributed by atoms with Crippen molar-refractivity contribution in [1.82, 2.24) is 4.98 Å². The highest BCUT2D eigenvalue weighted by atomic mass is 79.9. The van der Waals surface area contributed by atoms with Crippen molar-refractivity contribution in [1.29, 1.82) is 0 Å². The molecule has 0 saturated carbocycles. The summed E-state index contributed by atoms with van der Waals surface area (Å²) in [4.78, 5) is 15.3. The zero-order valence-corrected chi connectivity index (χ0v) is 11.9. The van der Waals surface area contributed by atoms with E-state index in [2.05, 4.69) is 31.0 Å². The summed E-state index contributed by atoms with van der Waals surface area (Å²) in [5.41, 5.74) is -0.120. The van der Waals surface area contributed by atoms with Gasteiger partial charge in [0.25, 0.3) is 0 Å². The fourth-order valence-electron chi connectivity index (χ4n) is 1.53. The summed E-state index contributed by atoms with van der Waals surface area (Å²) in [6.07, 6.45) is 1.34. The summed E-state index contributed by atoms with van der Waals surface area (Å²) in [6, 6.07) is 5.02. The number of carbonyl (C=O) groups is 1. The van der Waals surface area contributed by atoms with Crippen molar-refractivity contribution in [3.05, 3.63) is 52.1 Å². The number of rotatable bonds is 3. The second-order valence-electron chi connectivity index (χ2n) is 3.79. The van der Waals surface area contributed by atoms with E-state index in [1.165, 1.54) is 25.4 Å². The summed E-state index contributed by atoms with van der Waals surface area (Å²) in [6.45, 7) is 0. The van der Waals surface area contributed by atoms with E-state index in [9.17, 15) is 13.6 Å². The number of esters is 1. The fraction of sp³-hybridized carbons (Fsp3) is 0.0769. The van der Waals surface area contributed by atoms with Crippen LogP contribution in [0, 0.1) is 11.6 Å². The number of hydrogen-bond donors (Lipinski definition) is 1. The van der Waals surface area contributed by atoms with Crippen LogP contribution in [0.3, 0.4) is 0 Å². The Labute approximate surface area is 121 Å². The molecule has 0 spiro atoms. The molecule has 2 aromatic rings. The monoisotopic (exact) mass is 342 g/mol. The maximum absolute atomic E-state index is 13.7. The molecule has 0 radical (unpaired) electrons. The number of pyridine rings is 1. The van der Waals surface area contributed by atoms with Gasteiger partial charge in [-0.3, -0.25) is 0 Å². The average Bonchev–Trinajstić information content (AvgIpc) is 2.42. The molecule has 0 bridgehead atoms. The third-order valence-corrected chi connectivity index (χ3v) is 2.90. The first-order valence-electron chi connectivity index (χ1n) is 5.47. The van der Waals surface area contributed by atoms with Crippen molar-refractivity contribution in [3.63, 3.8) is 0 Å². The first kappa shape index (κ1) is 14.4. The Morgan fingerprint density at radius 1 is 1.30 bits per heavy atom. The first-order valence-corrected chi connectivity index (χ1v) is 6.26. The molecule has 104 valence electrons. The summed E-state index contributed by atoms with van der Waals surface area (Å²) in [5.74, 6) is -1.98. The van der Waals surface area contributed by atoms with Gasteiger partial charge in [-0.15, -0.1) is 0 Å². The highest BCUT2D eigenvalue weighted by Crippen LogP contribution is 2.26. The van der Waals surface area contributed by atoms with Crippen LogP contribution in [0.4, 0.5) is 20.3 Å². The lowest BCUT2D eigenvalue weighted by molar-refractivity contribution is 0.0600. The molecule has 0 aliphatic heterocycles. The SMILES string of the molecule is COC(=O)c1ccnc(Nc2c(F)cc(Br)cc2F)c1. The lowest BCUT2D eigenvalue weighted by atomic mass is 10.2. The molecule has 7 heteroatoms. The number of benzene rings is 1. The van der Waals surface area contributed by atoms with Gasteiger partial charge in [0.15, 0.2) is 11.6 Å². The van der Waals surface area contributed by atoms with E-state index >= 15 is 0 Å². The maximum atomic E-state index is 13.7. The Morgan fingerprint density at radius 3 is 2.55 bits per heavy atom. The van der Waals surface area contributed by atoms with Gasteiger partial charge < -0.3 is 10.1 Å². The number of carbonyl (C=O) groups excluding carboxylic acids is 1. The van der Waals surface area contributed by atoms with Gasteiger partial charge in [-0.2, -0.15) is 0 Å². The van der Waals surface area contributed by atoms with Crippen LogP contribution >= 0.6 is 15.9 Å². The van der Waals surface area contributed by atoms with Crippen molar-refractivity contribution >= 4 is 33.4 Å². The number of anilines is 2. The minimum atomic E-state index is -0.776. The van der Waals surface area contributed by atoms with E-state index in [1.54, 1.807) is 0 Å². The van der Waals surface area contributed by atoms with Gasteiger partial charge in [0, 0.05) is 10.7 Å². The van der Waals surface area contributed by atoms with Crippen LogP contribution in [0.1, 0.15) is 10.4 Å². The molecule has 0 aliphatic carbocycles. The van der Waals surface area contributed by atoms with Crippen LogP contribution in [-0.2, 0) is 4.74 Å². The highest BCUT2D eigenvalue weighted by molar-refractivity contribution is 9.10. The molecule has 0 aliphatic rings. The lowest BCUT2D eigenvalue weighted by Crippen LogP contribution is -2.04. The molecule has 0 fully saturated rings. The van der Waals surface area contributed by atoms with Crippen molar-refractivity contribution in [2.45, 2.75) is 0 Å². The number of nitrogens with zero attached hydrogens (tertiary/aromatic N) is 1. The average molecular weight is 343 g/mol. The molecule has 1 aromatic heterocycles. The van der Waals surface area contributed by atoms with Gasteiger partial charge in [0.05, 0.1) is 12.7 Å². The van der Waals surface area contributed by atoms with Crippen molar-refractivity contribution in [2.24, 2.45) is 0 Å². The van der Waals surface area contributed by atoms with E-state index < -0.39 is 17.6 Å². The van der Waals surface area contributed by atoms with Gasteiger partial charge in [0.2, 0.25) is 0 Å². The molecule has 0 unspecified atom stereocenters. The zero-order valence-electron chi connectivity index (χ0n) is 10.3. The molecule has 1 aromatic carbocycles. The van der Waals surface area contributed by atoms with Crippen LogP contribution in [0.2, 0.25) is 0 Å². The third-order valence-electron chi connectivity index (χ3n) is 2.44. The number of nitrogens with one attached hydrogen (secondary N) is 1. The minimum absolute atomic E-state index is 0.132. The van der Waals surface area contributed by atoms with Crippen molar-refractivity contribution in [2.75, 3.05) is 12.4 Å². The van der Waals surface area contributed by atoms with Gasteiger partial charge in [-0.25, -0.2) is 18.6 Å². The molecule has 2 rings (SSSR count). The first-order chi connectivity index (χ1) is 9.51. The largest absolute Gasteiger partial charge is 0.465 e. The Kier molecular flexibility index (Phi) is 4.29. The predicted molar refractivity (Wildman–Crippen MR) is 72.9 cm³/mol. The van der Waals surface area contributed by atoms with Crippen LogP contribution in [0.25, 0.3) is 0 Å². The molecule has 0 amide bonds. The molecule has 0 atom stereocenters. The van der Waals surface area contributed by atoms with Crippen molar-refractivity contribution in [3.8, 4) is 0 Å². The maximum Gasteiger partial charge on any atom is 0.338 e. The number of methoxy groups -OCH3 is 1. The van der Waals surface area contributed by atoms with Crippen LogP contribution in [0.15, 0.2) is 34.9 Å². The molecular weight excluding hydrogens is 334 g/mol. The summed E-state index contributed by atoms with van der Waals surface area (Å²) in [5, 5.41) is 2.50. The number of halogens is 3. The molecule has 1 N–H and O–H groups in total. The Hall–Kier alpha value is -2.02. The Balaban J connectivity index is 2.33. The van der Waals surface area contributed by atoms with E-state index in [1.807, 2.05) is 0 Å². The van der Waals surface area contributed by atoms with Gasteiger partial charge in [0.1, 0.15) is 11.5 Å². The standard InChI is InChI=1S/C13H9BrF2N2O2/c1-20-13(19)7-2-3-17-11(4-7)18-12-9(15)5-8(14)6-10(12)16/h2-6H,1H3,(H,17,18). The second kappa shape index (κ2) is 5.96. The van der Waals surface area contributed by atoms with E-state index in [-0.39, 0.29) is 21.5 Å². The van der Waals surface area contributed by atoms with Crippen LogP contribution in [0.5, 0.6) is 0 Å². The normalized spacial score (nSPS) is 10.2. The van der Waals surface area contributed by atoms with Crippen LogP contribution in [-0.4, -0.2) is 18.1 Å². The Morgan fingerprint density at radius 2 is 1.95 bits per heavy atom. The lowest BCUT2D eigenvalue weighted by Gasteiger charge is -2.09. The fourth-order valence-corrected chi connectivity index (χ4v) is 1.94. The summed E-state index contributed by atoms with van der Waals surface area (Å²) in [7, 11) is 1.24. The highest BCUT2D eigenvalue weighted by Gasteiger charge is 2.12. The quantitative estimate of drug-likeness (QED) is 0.865. The molecule has 0 saturated heterocycles. The van der Waals surface area contributed by atoms with Gasteiger partial charge in [-0.05, 0) is 24.3 Å².